The van der Waals surface area contributed by atoms with Gasteiger partial charge in [0.2, 0.25) is 5.91 Å². The first-order valence-corrected chi connectivity index (χ1v) is 12.5. The second-order valence-electron chi connectivity index (χ2n) is 9.54. The Balaban J connectivity index is 1.34. The molecule has 2 aromatic heterocycles. The number of carbonyl (C=O) groups excluding carboxylic acids is 2. The highest BCUT2D eigenvalue weighted by molar-refractivity contribution is 5.91. The van der Waals surface area contributed by atoms with E-state index in [0.29, 0.717) is 31.2 Å². The van der Waals surface area contributed by atoms with Gasteiger partial charge < -0.3 is 10.2 Å². The normalized spacial score (nSPS) is 16.5. The predicted octanol–water partition coefficient (Wildman–Crippen LogP) is 3.97. The molecule has 3 heterocycles. The van der Waals surface area contributed by atoms with E-state index in [0.717, 1.165) is 41.6 Å². The SMILES string of the molecule is Cc1ncc2c(c1CNC(=O)c1cnccn1)CCN(C(=O)[C@@H](c1ccccc1)C1CCCC1)C2. The summed E-state index contributed by atoms with van der Waals surface area (Å²) >= 11 is 0. The molecular weight excluding hydrogens is 438 g/mol. The maximum atomic E-state index is 13.9. The Morgan fingerprint density at radius 1 is 1.09 bits per heavy atom. The fourth-order valence-electron chi connectivity index (χ4n) is 5.58. The summed E-state index contributed by atoms with van der Waals surface area (Å²) in [6, 6.07) is 10.3. The van der Waals surface area contributed by atoms with Gasteiger partial charge in [-0.3, -0.25) is 19.6 Å². The summed E-state index contributed by atoms with van der Waals surface area (Å²) in [6.07, 6.45) is 11.8. The van der Waals surface area contributed by atoms with Crippen molar-refractivity contribution in [2.24, 2.45) is 5.92 Å². The van der Waals surface area contributed by atoms with Gasteiger partial charge in [-0.2, -0.15) is 0 Å². The third kappa shape index (κ3) is 4.94. The quantitative estimate of drug-likeness (QED) is 0.590. The van der Waals surface area contributed by atoms with E-state index in [4.69, 9.17) is 0 Å². The standard InChI is InChI=1S/C28H31N5O2/c1-19-24(16-32-27(34)25-17-29-12-13-30-25)23-11-14-33(18-22(23)15-31-19)28(35)26(21-9-5-6-10-21)20-7-3-2-4-8-20/h2-4,7-8,12-13,15,17,21,26H,5-6,9-11,14,16,18H2,1H3,(H,32,34)/t26-/m0/s1. The fraction of sp³-hybridized carbons (Fsp3) is 0.393. The molecule has 7 heteroatoms. The number of benzene rings is 1. The molecule has 2 aliphatic rings. The molecule has 1 saturated carbocycles. The molecule has 2 amide bonds. The summed E-state index contributed by atoms with van der Waals surface area (Å²) < 4.78 is 0. The Kier molecular flexibility index (Phi) is 6.84. The van der Waals surface area contributed by atoms with Crippen molar-refractivity contribution in [3.05, 3.63) is 88.8 Å². The zero-order valence-corrected chi connectivity index (χ0v) is 20.1. The van der Waals surface area contributed by atoms with Crippen molar-refractivity contribution in [1.29, 1.82) is 0 Å². The molecular formula is C28H31N5O2. The van der Waals surface area contributed by atoms with Gasteiger partial charge in [-0.15, -0.1) is 0 Å². The monoisotopic (exact) mass is 469 g/mol. The highest BCUT2D eigenvalue weighted by atomic mass is 16.2. The van der Waals surface area contributed by atoms with E-state index < -0.39 is 0 Å². The van der Waals surface area contributed by atoms with Crippen molar-refractivity contribution >= 4 is 11.8 Å². The van der Waals surface area contributed by atoms with Gasteiger partial charge in [-0.05, 0) is 54.4 Å². The van der Waals surface area contributed by atoms with Crippen molar-refractivity contribution in [3.63, 3.8) is 0 Å². The van der Waals surface area contributed by atoms with E-state index >= 15 is 0 Å². The molecule has 7 nitrogen and oxygen atoms in total. The van der Waals surface area contributed by atoms with Gasteiger partial charge in [0.25, 0.3) is 5.91 Å². The molecule has 3 aromatic rings. The maximum Gasteiger partial charge on any atom is 0.271 e. The van der Waals surface area contributed by atoms with Crippen LogP contribution in [0.5, 0.6) is 0 Å². The number of rotatable bonds is 6. The Labute approximate surface area is 206 Å². The average molecular weight is 470 g/mol. The van der Waals surface area contributed by atoms with E-state index in [9.17, 15) is 9.59 Å². The molecule has 5 rings (SSSR count). The van der Waals surface area contributed by atoms with Crippen molar-refractivity contribution in [2.75, 3.05) is 6.54 Å². The number of amides is 2. The summed E-state index contributed by atoms with van der Waals surface area (Å²) in [7, 11) is 0. The molecule has 35 heavy (non-hydrogen) atoms. The molecule has 0 spiro atoms. The first-order chi connectivity index (χ1) is 17.1. The predicted molar refractivity (Wildman–Crippen MR) is 132 cm³/mol. The Bertz CT molecular complexity index is 1190. The van der Waals surface area contributed by atoms with E-state index in [2.05, 4.69) is 32.4 Å². The van der Waals surface area contributed by atoms with Crippen LogP contribution in [-0.4, -0.2) is 38.2 Å². The third-order valence-corrected chi connectivity index (χ3v) is 7.42. The third-order valence-electron chi connectivity index (χ3n) is 7.42. The number of hydrogen-bond acceptors (Lipinski definition) is 5. The minimum Gasteiger partial charge on any atom is -0.346 e. The van der Waals surface area contributed by atoms with Crippen LogP contribution < -0.4 is 5.32 Å². The number of carbonyl (C=O) groups is 2. The lowest BCUT2D eigenvalue weighted by Crippen LogP contribution is -2.41. The number of aryl methyl sites for hydroxylation is 1. The Hall–Kier alpha value is -3.61. The lowest BCUT2D eigenvalue weighted by molar-refractivity contribution is -0.135. The molecule has 1 aromatic carbocycles. The van der Waals surface area contributed by atoms with Crippen molar-refractivity contribution in [2.45, 2.75) is 58.0 Å². The molecule has 1 N–H and O–H groups in total. The number of nitrogens with one attached hydrogen (secondary N) is 1. The van der Waals surface area contributed by atoms with Crippen LogP contribution in [0.25, 0.3) is 0 Å². The molecule has 0 radical (unpaired) electrons. The summed E-state index contributed by atoms with van der Waals surface area (Å²) in [6.45, 7) is 3.58. The van der Waals surface area contributed by atoms with Gasteiger partial charge >= 0.3 is 0 Å². The number of fused-ring (bicyclic) bond motifs is 1. The molecule has 1 fully saturated rings. The topological polar surface area (TPSA) is 88.1 Å². The Morgan fingerprint density at radius 2 is 1.89 bits per heavy atom. The van der Waals surface area contributed by atoms with Gasteiger partial charge in [0, 0.05) is 43.9 Å². The Morgan fingerprint density at radius 3 is 2.63 bits per heavy atom. The maximum absolute atomic E-state index is 13.9. The molecule has 1 atom stereocenters. The van der Waals surface area contributed by atoms with Crippen LogP contribution in [0.4, 0.5) is 0 Å². The van der Waals surface area contributed by atoms with Crippen LogP contribution in [0, 0.1) is 12.8 Å². The van der Waals surface area contributed by atoms with Gasteiger partial charge in [-0.1, -0.05) is 43.2 Å². The molecule has 0 bridgehead atoms. The molecule has 0 unspecified atom stereocenters. The van der Waals surface area contributed by atoms with E-state index in [-0.39, 0.29) is 17.7 Å². The number of aromatic nitrogens is 3. The zero-order valence-electron chi connectivity index (χ0n) is 20.1. The number of nitrogens with zero attached hydrogens (tertiary/aromatic N) is 4. The van der Waals surface area contributed by atoms with Crippen LogP contribution in [0.15, 0.2) is 55.1 Å². The lowest BCUT2D eigenvalue weighted by Gasteiger charge is -2.35. The number of pyridine rings is 1. The van der Waals surface area contributed by atoms with Crippen molar-refractivity contribution < 1.29 is 9.59 Å². The molecule has 0 saturated heterocycles. The van der Waals surface area contributed by atoms with Crippen LogP contribution in [-0.2, 0) is 24.3 Å². The van der Waals surface area contributed by atoms with Crippen LogP contribution in [0.3, 0.4) is 0 Å². The highest BCUT2D eigenvalue weighted by Crippen LogP contribution is 2.39. The average Bonchev–Trinajstić information content (AvgIpc) is 3.43. The largest absolute Gasteiger partial charge is 0.346 e. The summed E-state index contributed by atoms with van der Waals surface area (Å²) in [5, 5.41) is 2.96. The van der Waals surface area contributed by atoms with E-state index in [1.807, 2.05) is 36.2 Å². The van der Waals surface area contributed by atoms with Crippen LogP contribution in [0.1, 0.15) is 70.0 Å². The van der Waals surface area contributed by atoms with Gasteiger partial charge in [0.1, 0.15) is 5.69 Å². The van der Waals surface area contributed by atoms with Crippen molar-refractivity contribution in [3.8, 4) is 0 Å². The second kappa shape index (κ2) is 10.3. The highest BCUT2D eigenvalue weighted by Gasteiger charge is 2.36. The van der Waals surface area contributed by atoms with Crippen LogP contribution >= 0.6 is 0 Å². The first-order valence-electron chi connectivity index (χ1n) is 12.5. The number of hydrogen-bond donors (Lipinski definition) is 1. The first kappa shape index (κ1) is 23.1. The smallest absolute Gasteiger partial charge is 0.271 e. The van der Waals surface area contributed by atoms with Gasteiger partial charge in [0.05, 0.1) is 12.1 Å². The van der Waals surface area contributed by atoms with Gasteiger partial charge in [0.15, 0.2) is 0 Å². The molecule has 1 aliphatic carbocycles. The van der Waals surface area contributed by atoms with Crippen molar-refractivity contribution in [1.82, 2.24) is 25.2 Å². The summed E-state index contributed by atoms with van der Waals surface area (Å²) in [4.78, 5) is 41.0. The lowest BCUT2D eigenvalue weighted by atomic mass is 9.83. The fourth-order valence-corrected chi connectivity index (χ4v) is 5.58. The molecule has 180 valence electrons. The van der Waals surface area contributed by atoms with Crippen LogP contribution in [0.2, 0.25) is 0 Å². The minimum atomic E-state index is -0.259. The van der Waals surface area contributed by atoms with E-state index in [1.54, 1.807) is 6.20 Å². The molecule has 1 aliphatic heterocycles. The minimum absolute atomic E-state index is 0.0793. The zero-order chi connectivity index (χ0) is 24.2. The van der Waals surface area contributed by atoms with E-state index in [1.165, 1.54) is 30.8 Å². The second-order valence-corrected chi connectivity index (χ2v) is 9.54. The van der Waals surface area contributed by atoms with Gasteiger partial charge in [-0.25, -0.2) is 4.98 Å². The summed E-state index contributed by atoms with van der Waals surface area (Å²) in [5.41, 5.74) is 5.61. The summed E-state index contributed by atoms with van der Waals surface area (Å²) in [5.74, 6) is 0.301.